The fraction of sp³-hybridized carbons (Fsp3) is 0.286. The molecule has 0 unspecified atom stereocenters. The molecule has 0 atom stereocenters. The summed E-state index contributed by atoms with van der Waals surface area (Å²) >= 11 is 2.76. The van der Waals surface area contributed by atoms with Gasteiger partial charge in [-0.15, -0.1) is 0 Å². The van der Waals surface area contributed by atoms with Crippen LogP contribution in [0.1, 0.15) is 12.1 Å². The van der Waals surface area contributed by atoms with Gasteiger partial charge < -0.3 is 4.90 Å². The summed E-state index contributed by atoms with van der Waals surface area (Å²) < 4.78 is 13.3. The highest BCUT2D eigenvalue weighted by molar-refractivity contribution is 7.98. The van der Waals surface area contributed by atoms with E-state index in [4.69, 9.17) is 0 Å². The number of carbonyl (C=O) groups excluding carboxylic acids is 1. The predicted octanol–water partition coefficient (Wildman–Crippen LogP) is 2.93. The molecule has 0 fully saturated rings. The Balaban J connectivity index is 2.33. The average Bonchev–Trinajstić information content (AvgIpc) is 2.96. The van der Waals surface area contributed by atoms with Crippen molar-refractivity contribution >= 4 is 34.0 Å². The Kier molecular flexibility index (Phi) is 5.46. The van der Waals surface area contributed by atoms with Crippen molar-refractivity contribution in [2.75, 3.05) is 24.0 Å². The number of anilines is 1. The molecule has 1 amide bonds. The molecule has 114 valence electrons. The zero-order valence-electron chi connectivity index (χ0n) is 12.0. The second-order valence-electron chi connectivity index (χ2n) is 4.37. The number of thiazole rings is 1. The van der Waals surface area contributed by atoms with Gasteiger partial charge in [-0.05, 0) is 12.3 Å². The van der Waals surface area contributed by atoms with Crippen LogP contribution in [-0.2, 0) is 4.79 Å². The van der Waals surface area contributed by atoms with Crippen molar-refractivity contribution in [3.05, 3.63) is 30.0 Å². The lowest BCUT2D eigenvalue weighted by atomic mass is 10.3. The molecule has 0 spiro atoms. The number of aromatic nitrogens is 2. The van der Waals surface area contributed by atoms with Crippen LogP contribution in [0.2, 0.25) is 0 Å². The molecule has 0 saturated heterocycles. The molecule has 0 saturated carbocycles. The minimum Gasteiger partial charge on any atom is -0.304 e. The molecular weight excluding hydrogens is 323 g/mol. The van der Waals surface area contributed by atoms with Gasteiger partial charge in [-0.1, -0.05) is 11.3 Å². The molecule has 0 aliphatic rings. The average molecular weight is 336 g/mol. The Bertz CT molecular complexity index is 726. The molecule has 0 aliphatic carbocycles. The third-order valence-electron chi connectivity index (χ3n) is 2.87. The van der Waals surface area contributed by atoms with Gasteiger partial charge in [0.05, 0.1) is 6.20 Å². The van der Waals surface area contributed by atoms with E-state index in [1.54, 1.807) is 18.8 Å². The maximum Gasteiger partial charge on any atom is 0.228 e. The van der Waals surface area contributed by atoms with E-state index in [1.165, 1.54) is 28.5 Å². The Labute approximate surface area is 135 Å². The van der Waals surface area contributed by atoms with Gasteiger partial charge in [0.1, 0.15) is 21.9 Å². The third kappa shape index (κ3) is 3.61. The summed E-state index contributed by atoms with van der Waals surface area (Å²) in [7, 11) is 1.62. The van der Waals surface area contributed by atoms with Crippen molar-refractivity contribution in [2.45, 2.75) is 6.42 Å². The quantitative estimate of drug-likeness (QED) is 0.839. The molecule has 2 heterocycles. The van der Waals surface area contributed by atoms with Gasteiger partial charge in [-0.3, -0.25) is 9.78 Å². The molecule has 0 bridgehead atoms. The first-order valence-electron chi connectivity index (χ1n) is 6.34. The number of amides is 1. The molecule has 0 aliphatic heterocycles. The van der Waals surface area contributed by atoms with Crippen LogP contribution in [0.3, 0.4) is 0 Å². The van der Waals surface area contributed by atoms with E-state index in [0.717, 1.165) is 6.20 Å². The van der Waals surface area contributed by atoms with E-state index in [-0.39, 0.29) is 11.6 Å². The number of nitriles is 1. The summed E-state index contributed by atoms with van der Waals surface area (Å²) in [5.74, 6) is 0.153. The Morgan fingerprint density at radius 3 is 2.95 bits per heavy atom. The molecule has 2 aromatic rings. The summed E-state index contributed by atoms with van der Waals surface area (Å²) in [4.78, 5) is 21.5. The standard InChI is InChI=1S/C14H13FN4OS2/c1-19(12(20)3-4-21-2)14-11(6-16)18-13(22-14)9-5-10(15)8-17-7-9/h5,7-8H,3-4H2,1-2H3. The first kappa shape index (κ1) is 16.4. The van der Waals surface area contributed by atoms with Crippen molar-refractivity contribution < 1.29 is 9.18 Å². The maximum absolute atomic E-state index is 13.3. The van der Waals surface area contributed by atoms with Crippen LogP contribution < -0.4 is 4.90 Å². The van der Waals surface area contributed by atoms with Crippen LogP contribution in [0.25, 0.3) is 10.6 Å². The van der Waals surface area contributed by atoms with Crippen LogP contribution >= 0.6 is 23.1 Å². The fourth-order valence-corrected chi connectivity index (χ4v) is 3.09. The molecule has 0 aromatic carbocycles. The molecular formula is C14H13FN4OS2. The number of pyridine rings is 1. The normalized spacial score (nSPS) is 10.3. The highest BCUT2D eigenvalue weighted by atomic mass is 32.2. The van der Waals surface area contributed by atoms with Crippen molar-refractivity contribution in [1.82, 2.24) is 9.97 Å². The largest absolute Gasteiger partial charge is 0.304 e. The number of thioether (sulfide) groups is 1. The van der Waals surface area contributed by atoms with E-state index in [1.807, 2.05) is 12.3 Å². The number of hydrogen-bond donors (Lipinski definition) is 0. The molecule has 0 radical (unpaired) electrons. The summed E-state index contributed by atoms with van der Waals surface area (Å²) in [5.41, 5.74) is 0.641. The van der Waals surface area contributed by atoms with Gasteiger partial charge in [0, 0.05) is 31.0 Å². The van der Waals surface area contributed by atoms with Crippen LogP contribution in [0.5, 0.6) is 0 Å². The second kappa shape index (κ2) is 7.33. The van der Waals surface area contributed by atoms with Gasteiger partial charge in [0.15, 0.2) is 5.69 Å². The van der Waals surface area contributed by atoms with Crippen molar-refractivity contribution in [1.29, 1.82) is 5.26 Å². The van der Waals surface area contributed by atoms with Gasteiger partial charge in [-0.25, -0.2) is 9.37 Å². The topological polar surface area (TPSA) is 69.9 Å². The molecule has 5 nitrogen and oxygen atoms in total. The van der Waals surface area contributed by atoms with Crippen LogP contribution in [0.15, 0.2) is 18.5 Å². The number of carbonyl (C=O) groups is 1. The minimum absolute atomic E-state index is 0.0848. The zero-order valence-corrected chi connectivity index (χ0v) is 13.7. The SMILES string of the molecule is CSCCC(=O)N(C)c1sc(-c2cncc(F)c2)nc1C#N. The third-order valence-corrected chi connectivity index (χ3v) is 4.66. The van der Waals surface area contributed by atoms with Gasteiger partial charge in [-0.2, -0.15) is 17.0 Å². The van der Waals surface area contributed by atoms with Crippen molar-refractivity contribution in [2.24, 2.45) is 0 Å². The lowest BCUT2D eigenvalue weighted by Crippen LogP contribution is -2.26. The Morgan fingerprint density at radius 2 is 2.32 bits per heavy atom. The van der Waals surface area contributed by atoms with Gasteiger partial charge in [0.2, 0.25) is 5.91 Å². The second-order valence-corrected chi connectivity index (χ2v) is 6.34. The maximum atomic E-state index is 13.3. The van der Waals surface area contributed by atoms with E-state index >= 15 is 0 Å². The van der Waals surface area contributed by atoms with Crippen LogP contribution in [0, 0.1) is 17.1 Å². The van der Waals surface area contributed by atoms with E-state index in [0.29, 0.717) is 27.7 Å². The minimum atomic E-state index is -0.475. The first-order valence-corrected chi connectivity index (χ1v) is 8.55. The van der Waals surface area contributed by atoms with Gasteiger partial charge >= 0.3 is 0 Å². The monoisotopic (exact) mass is 336 g/mol. The molecule has 0 N–H and O–H groups in total. The van der Waals surface area contributed by atoms with Crippen LogP contribution in [-0.4, -0.2) is 34.9 Å². The number of hydrogen-bond acceptors (Lipinski definition) is 6. The fourth-order valence-electron chi connectivity index (χ4n) is 1.73. The lowest BCUT2D eigenvalue weighted by Gasteiger charge is -2.14. The number of halogens is 1. The molecule has 2 aromatic heterocycles. The molecule has 2 rings (SSSR count). The summed E-state index contributed by atoms with van der Waals surface area (Å²) in [5, 5.41) is 10.1. The zero-order chi connectivity index (χ0) is 16.1. The number of nitrogens with zero attached hydrogens (tertiary/aromatic N) is 4. The molecule has 8 heteroatoms. The van der Waals surface area contributed by atoms with E-state index in [2.05, 4.69) is 9.97 Å². The van der Waals surface area contributed by atoms with Crippen molar-refractivity contribution in [3.8, 4) is 16.6 Å². The highest BCUT2D eigenvalue weighted by Crippen LogP contribution is 2.34. The van der Waals surface area contributed by atoms with E-state index in [9.17, 15) is 14.4 Å². The predicted molar refractivity (Wildman–Crippen MR) is 86.4 cm³/mol. The Morgan fingerprint density at radius 1 is 1.55 bits per heavy atom. The first-order chi connectivity index (χ1) is 10.6. The lowest BCUT2D eigenvalue weighted by molar-refractivity contribution is -0.117. The van der Waals surface area contributed by atoms with E-state index < -0.39 is 5.82 Å². The van der Waals surface area contributed by atoms with Crippen LogP contribution in [0.4, 0.5) is 9.39 Å². The number of rotatable bonds is 5. The summed E-state index contributed by atoms with van der Waals surface area (Å²) in [6.45, 7) is 0. The van der Waals surface area contributed by atoms with Crippen molar-refractivity contribution in [3.63, 3.8) is 0 Å². The van der Waals surface area contributed by atoms with Gasteiger partial charge in [0.25, 0.3) is 0 Å². The smallest absolute Gasteiger partial charge is 0.228 e. The highest BCUT2D eigenvalue weighted by Gasteiger charge is 2.20. The summed E-state index contributed by atoms with van der Waals surface area (Å²) in [6, 6.07) is 3.28. The summed E-state index contributed by atoms with van der Waals surface area (Å²) in [6.07, 6.45) is 4.89. The Hall–Kier alpha value is -1.98. The molecule has 22 heavy (non-hydrogen) atoms.